The molecule has 4 heteroatoms. The molecule has 0 spiro atoms. The topological polar surface area (TPSA) is 0 Å². The van der Waals surface area contributed by atoms with Gasteiger partial charge in [0.15, 0.2) is 0 Å². The van der Waals surface area contributed by atoms with Crippen LogP contribution in [0.3, 0.4) is 0 Å². The molecule has 0 aromatic heterocycles. The van der Waals surface area contributed by atoms with Gasteiger partial charge in [0.25, 0.3) is 0 Å². The van der Waals surface area contributed by atoms with E-state index < -0.39 is 0 Å². The van der Waals surface area contributed by atoms with E-state index in [-0.39, 0.29) is 46.8 Å². The first-order chi connectivity index (χ1) is 1.00. The summed E-state index contributed by atoms with van der Waals surface area (Å²) in [5.74, 6) is 0. The van der Waals surface area contributed by atoms with Crippen molar-refractivity contribution in [3.8, 4) is 0 Å². The van der Waals surface area contributed by atoms with Crippen LogP contribution in [0.2, 0.25) is 0 Å². The Bertz CT molecular complexity index is 6.00. The first-order valence-electron chi connectivity index (χ1n) is 0.316. The monoisotopic (exact) mass is 423 g/mol. The maximum absolute atomic E-state index is 1.92. The van der Waals surface area contributed by atoms with Gasteiger partial charge in [-0.3, -0.25) is 0 Å². The molecule has 13 valence electrons. The fourth-order valence-corrected chi connectivity index (χ4v) is 0. The molecule has 0 nitrogen and oxygen atoms in total. The molecule has 0 aliphatic carbocycles. The van der Waals surface area contributed by atoms with Gasteiger partial charge in [0.1, 0.15) is 0 Å². The Labute approximate surface area is 83.8 Å². The van der Waals surface area contributed by atoms with Gasteiger partial charge in [0.2, 0.25) is 0 Å². The van der Waals surface area contributed by atoms with Crippen molar-refractivity contribution in [2.75, 3.05) is 0 Å². The smallest absolute Gasteiger partial charge is 0 e. The molecule has 4 heavy (non-hydrogen) atoms. The molecule has 0 saturated carbocycles. The molecule has 0 N–H and O–H groups in total. The van der Waals surface area contributed by atoms with Crippen molar-refractivity contribution in [1.82, 2.24) is 0 Å². The zero-order chi connectivity index (χ0) is 2.00. The van der Waals surface area contributed by atoms with Crippen molar-refractivity contribution >= 4 is 17.5 Å². The van der Waals surface area contributed by atoms with Crippen LogP contribution in [0.15, 0.2) is 0 Å². The molecule has 0 heterocycles. The SMILES string of the molecule is [Cd].[Cd][TeH].[Zn]. The molecule has 0 aromatic carbocycles. The second-order valence-electron chi connectivity index (χ2n) is 0. The molecule has 0 saturated heterocycles. The van der Waals surface area contributed by atoms with Gasteiger partial charge in [0, 0.05) is 46.8 Å². The Balaban J connectivity index is -0.00000000500. The van der Waals surface area contributed by atoms with Gasteiger partial charge in [-0.25, -0.2) is 0 Å². The summed E-state index contributed by atoms with van der Waals surface area (Å²) in [5, 5.41) is 0. The van der Waals surface area contributed by atoms with Crippen molar-refractivity contribution in [1.29, 1.82) is 0 Å². The van der Waals surface area contributed by atoms with Crippen molar-refractivity contribution in [2.45, 2.75) is 0 Å². The predicted octanol–water partition coefficient (Wildman–Crippen LogP) is -0.656. The Morgan fingerprint density at radius 1 is 1.25 bits per heavy atom. The number of hydrogen-bond acceptors (Lipinski definition) is 0. The van der Waals surface area contributed by atoms with Crippen molar-refractivity contribution in [3.63, 3.8) is 0 Å². The largest absolute Gasteiger partial charge is 0 e. The summed E-state index contributed by atoms with van der Waals surface area (Å²) in [4.78, 5) is 0. The molecule has 0 radical (unpaired) electrons. The van der Waals surface area contributed by atoms with E-state index in [0.29, 0.717) is 0 Å². The predicted molar refractivity (Wildman–Crippen MR) is 7.15 cm³/mol. The van der Waals surface area contributed by atoms with Crippen LogP contribution in [0, 0.1) is 0 Å². The van der Waals surface area contributed by atoms with E-state index >= 15 is 0 Å². The molecule has 0 aliphatic rings. The van der Waals surface area contributed by atoms with Crippen molar-refractivity contribution < 1.29 is 68.3 Å². The van der Waals surface area contributed by atoms with Crippen LogP contribution in [-0.2, 0) is 68.3 Å². The van der Waals surface area contributed by atoms with E-state index in [0.717, 1.165) is 0 Å². The van der Waals surface area contributed by atoms with Crippen LogP contribution in [0.1, 0.15) is 0 Å². The Morgan fingerprint density at radius 2 is 1.25 bits per heavy atom. The maximum Gasteiger partial charge on any atom is 0 e. The summed E-state index contributed by atoms with van der Waals surface area (Å²) in [5.41, 5.74) is 0. The van der Waals surface area contributed by atoms with Crippen LogP contribution in [0.5, 0.6) is 0 Å². The molecule has 0 bridgehead atoms. The van der Waals surface area contributed by atoms with Gasteiger partial charge in [0.05, 0.1) is 0 Å². The summed E-state index contributed by atoms with van der Waals surface area (Å²) < 4.78 is 0. The van der Waals surface area contributed by atoms with E-state index in [1.54, 1.807) is 0 Å². The molecule has 0 amide bonds. The first-order valence-corrected chi connectivity index (χ1v) is 14.2. The standard InChI is InChI=1S/2Cd.H2Te.Zn/h;;1H2;/q;+1;;/p-1. The summed E-state index contributed by atoms with van der Waals surface area (Å²) in [7, 11) is 0. The maximum atomic E-state index is 1.92. The molecular weight excluding hydrogens is 418 g/mol. The molecular formula is HCd2TeZn. The molecule has 0 atom stereocenters. The third kappa shape index (κ3) is 8.98. The number of rotatable bonds is 0. The van der Waals surface area contributed by atoms with Crippen molar-refractivity contribution in [2.24, 2.45) is 0 Å². The van der Waals surface area contributed by atoms with Crippen LogP contribution in [0.4, 0.5) is 0 Å². The normalized spacial score (nSPS) is 1.75. The molecule has 0 aliphatic heterocycles. The molecule has 0 unspecified atom stereocenters. The summed E-state index contributed by atoms with van der Waals surface area (Å²) in [6, 6.07) is 0. The second-order valence-corrected chi connectivity index (χ2v) is 0. The van der Waals surface area contributed by atoms with E-state index in [9.17, 15) is 0 Å². The second kappa shape index (κ2) is 16.3. The van der Waals surface area contributed by atoms with Crippen LogP contribution < -0.4 is 0 Å². The third-order valence-electron chi connectivity index (χ3n) is 0. The quantitative estimate of drug-likeness (QED) is 0.459. The average molecular weight is 419 g/mol. The summed E-state index contributed by atoms with van der Waals surface area (Å²) in [6.45, 7) is 0. The van der Waals surface area contributed by atoms with Gasteiger partial charge in [-0.2, -0.15) is 0 Å². The first kappa shape index (κ1) is 15.7. The Morgan fingerprint density at radius 3 is 1.25 bits per heavy atom. The molecule has 0 fully saturated rings. The van der Waals surface area contributed by atoms with Gasteiger partial charge >= 0.3 is 39.1 Å². The average Bonchev–Trinajstić information content (AvgIpc) is 1.00. The number of hydrogen-bond donors (Lipinski definition) is 0. The van der Waals surface area contributed by atoms with Gasteiger partial charge < -0.3 is 0 Å². The minimum absolute atomic E-state index is 0. The van der Waals surface area contributed by atoms with E-state index in [1.165, 1.54) is 21.6 Å². The summed E-state index contributed by atoms with van der Waals surface area (Å²) >= 11 is 3.12. The van der Waals surface area contributed by atoms with E-state index in [2.05, 4.69) is 0 Å². The zero-order valence-electron chi connectivity index (χ0n) is 2.57. The van der Waals surface area contributed by atoms with Crippen LogP contribution in [0.25, 0.3) is 0 Å². The van der Waals surface area contributed by atoms with Gasteiger partial charge in [-0.1, -0.05) is 0 Å². The van der Waals surface area contributed by atoms with E-state index in [1.807, 2.05) is 17.5 Å². The van der Waals surface area contributed by atoms with Crippen LogP contribution >= 0.6 is 0 Å². The Kier molecular flexibility index (Phi) is 63.9. The summed E-state index contributed by atoms with van der Waals surface area (Å²) in [6.07, 6.45) is 0. The molecule has 0 aromatic rings. The van der Waals surface area contributed by atoms with Crippen LogP contribution in [-0.4, -0.2) is 17.5 Å². The van der Waals surface area contributed by atoms with Gasteiger partial charge in [-0.05, 0) is 0 Å². The van der Waals surface area contributed by atoms with E-state index in [4.69, 9.17) is 0 Å². The minimum Gasteiger partial charge on any atom is 0 e. The fourth-order valence-electron chi connectivity index (χ4n) is 0. The van der Waals surface area contributed by atoms with Gasteiger partial charge in [-0.15, -0.1) is 0 Å². The Hall–Kier alpha value is 3.26. The minimum atomic E-state index is 0. The fraction of sp³-hybridized carbons (Fsp3) is 0. The molecule has 0 rings (SSSR count). The third-order valence-corrected chi connectivity index (χ3v) is 0. The zero-order valence-corrected chi connectivity index (χ0v) is 16.2. The van der Waals surface area contributed by atoms with Crippen molar-refractivity contribution in [3.05, 3.63) is 0 Å².